The molecule has 2 aromatic rings. The van der Waals surface area contributed by atoms with Crippen LogP contribution in [0.15, 0.2) is 53.5 Å². The number of anilines is 2. The van der Waals surface area contributed by atoms with Crippen molar-refractivity contribution >= 4 is 17.4 Å². The largest absolute Gasteiger partial charge is 0.323 e. The van der Waals surface area contributed by atoms with Gasteiger partial charge < -0.3 is 15.2 Å². The molecule has 0 spiro atoms. The third-order valence-corrected chi connectivity index (χ3v) is 2.74. The van der Waals surface area contributed by atoms with Crippen LogP contribution < -0.4 is 16.2 Å². The van der Waals surface area contributed by atoms with Gasteiger partial charge >= 0.3 is 6.03 Å². The Morgan fingerprint density at radius 2 is 1.75 bits per heavy atom. The van der Waals surface area contributed by atoms with Crippen molar-refractivity contribution in [2.24, 2.45) is 0 Å². The molecule has 0 bridgehead atoms. The second-order valence-corrected chi connectivity index (χ2v) is 4.39. The van der Waals surface area contributed by atoms with E-state index in [0.29, 0.717) is 17.9 Å². The lowest BCUT2D eigenvalue weighted by Gasteiger charge is -2.09. The second-order valence-electron chi connectivity index (χ2n) is 4.39. The normalized spacial score (nSPS) is 10.1. The zero-order valence-corrected chi connectivity index (χ0v) is 11.3. The summed E-state index contributed by atoms with van der Waals surface area (Å²) in [7, 11) is 0. The van der Waals surface area contributed by atoms with Crippen molar-refractivity contribution in [3.05, 3.63) is 59.0 Å². The van der Waals surface area contributed by atoms with Crippen molar-refractivity contribution < 1.29 is 4.79 Å². The highest BCUT2D eigenvalue weighted by atomic mass is 16.2. The lowest BCUT2D eigenvalue weighted by Crippen LogP contribution is -2.23. The predicted molar refractivity (Wildman–Crippen MR) is 80.1 cm³/mol. The van der Waals surface area contributed by atoms with E-state index in [-0.39, 0.29) is 11.6 Å². The Hall–Kier alpha value is -2.56. The third kappa shape index (κ3) is 3.71. The molecule has 2 N–H and O–H groups in total. The van der Waals surface area contributed by atoms with Gasteiger partial charge in [-0.3, -0.25) is 4.79 Å². The molecule has 0 atom stereocenters. The van der Waals surface area contributed by atoms with Crippen LogP contribution in [-0.2, 0) is 6.54 Å². The molecule has 0 aliphatic rings. The number of pyridine rings is 1. The number of benzene rings is 1. The number of hydrogen-bond acceptors (Lipinski definition) is 2. The molecule has 0 aliphatic heterocycles. The first-order valence-corrected chi connectivity index (χ1v) is 6.52. The van der Waals surface area contributed by atoms with Crippen LogP contribution in [0, 0.1) is 0 Å². The fraction of sp³-hybridized carbons (Fsp3) is 0.200. The molecule has 5 heteroatoms. The summed E-state index contributed by atoms with van der Waals surface area (Å²) in [5, 5.41) is 5.43. The number of hydrogen-bond donors (Lipinski definition) is 2. The number of nitrogens with one attached hydrogen (secondary N) is 2. The van der Waals surface area contributed by atoms with E-state index in [2.05, 4.69) is 10.6 Å². The first-order chi connectivity index (χ1) is 9.69. The number of urea groups is 1. The first kappa shape index (κ1) is 13.9. The summed E-state index contributed by atoms with van der Waals surface area (Å²) in [5.74, 6) is 0. The van der Waals surface area contributed by atoms with Crippen LogP contribution in [-0.4, -0.2) is 10.6 Å². The minimum Gasteiger partial charge on any atom is -0.313 e. The van der Waals surface area contributed by atoms with Gasteiger partial charge in [0.05, 0.1) is 5.69 Å². The van der Waals surface area contributed by atoms with E-state index in [1.54, 1.807) is 29.0 Å². The molecule has 104 valence electrons. The monoisotopic (exact) mass is 271 g/mol. The Morgan fingerprint density at radius 3 is 2.45 bits per heavy atom. The highest BCUT2D eigenvalue weighted by Crippen LogP contribution is 2.08. The van der Waals surface area contributed by atoms with E-state index in [1.165, 1.54) is 6.07 Å². The maximum Gasteiger partial charge on any atom is 0.323 e. The number of carbonyl (C=O) groups excluding carboxylic acids is 1. The fourth-order valence-electron chi connectivity index (χ4n) is 1.84. The molecule has 1 aromatic carbocycles. The van der Waals surface area contributed by atoms with Gasteiger partial charge in [-0.1, -0.05) is 25.1 Å². The molecule has 1 aromatic heterocycles. The summed E-state index contributed by atoms with van der Waals surface area (Å²) in [6.45, 7) is 2.63. The maximum atomic E-state index is 11.8. The number of rotatable bonds is 4. The first-order valence-electron chi connectivity index (χ1n) is 6.52. The number of para-hydroxylation sites is 1. The standard InChI is InChI=1S/C15H17N3O2/c1-2-10-18-11-13(8-9-14(18)19)17-15(20)16-12-6-4-3-5-7-12/h3-9,11H,2,10H2,1H3,(H2,16,17,20). The molecule has 20 heavy (non-hydrogen) atoms. The van der Waals surface area contributed by atoms with Crippen LogP contribution in [0.2, 0.25) is 0 Å². The van der Waals surface area contributed by atoms with Gasteiger partial charge in [0, 0.05) is 24.5 Å². The second kappa shape index (κ2) is 6.56. The van der Waals surface area contributed by atoms with Gasteiger partial charge in [-0.25, -0.2) is 4.79 Å². The highest BCUT2D eigenvalue weighted by molar-refractivity contribution is 5.99. The molecule has 2 rings (SSSR count). The molecule has 0 fully saturated rings. The van der Waals surface area contributed by atoms with Crippen molar-refractivity contribution in [1.82, 2.24) is 4.57 Å². The summed E-state index contributed by atoms with van der Waals surface area (Å²) in [5.41, 5.74) is 1.24. The van der Waals surface area contributed by atoms with Crippen LogP contribution in [0.1, 0.15) is 13.3 Å². The molecule has 2 amide bonds. The number of nitrogens with zero attached hydrogens (tertiary/aromatic N) is 1. The fourth-order valence-corrected chi connectivity index (χ4v) is 1.84. The van der Waals surface area contributed by atoms with E-state index >= 15 is 0 Å². The lowest BCUT2D eigenvalue weighted by atomic mass is 10.3. The summed E-state index contributed by atoms with van der Waals surface area (Å²) in [6, 6.07) is 11.9. The highest BCUT2D eigenvalue weighted by Gasteiger charge is 2.03. The molecule has 5 nitrogen and oxygen atoms in total. The van der Waals surface area contributed by atoms with Crippen LogP contribution in [0.3, 0.4) is 0 Å². The minimum absolute atomic E-state index is 0.0686. The minimum atomic E-state index is -0.335. The van der Waals surface area contributed by atoms with Crippen LogP contribution in [0.4, 0.5) is 16.2 Å². The Balaban J connectivity index is 2.04. The van der Waals surface area contributed by atoms with Crippen LogP contribution in [0.25, 0.3) is 0 Å². The summed E-state index contributed by atoms with van der Waals surface area (Å²) < 4.78 is 1.58. The summed E-state index contributed by atoms with van der Waals surface area (Å²) in [6.07, 6.45) is 2.51. The molecule has 1 heterocycles. The predicted octanol–water partition coefficient (Wildman–Crippen LogP) is 2.90. The van der Waals surface area contributed by atoms with Crippen LogP contribution in [0.5, 0.6) is 0 Å². The van der Waals surface area contributed by atoms with Gasteiger partial charge in [0.2, 0.25) is 0 Å². The maximum absolute atomic E-state index is 11.8. The molecule has 0 saturated carbocycles. The SMILES string of the molecule is CCCn1cc(NC(=O)Nc2ccccc2)ccc1=O. The Labute approximate surface area is 117 Å². The zero-order chi connectivity index (χ0) is 14.4. The Morgan fingerprint density at radius 1 is 1.05 bits per heavy atom. The summed E-state index contributed by atoms with van der Waals surface area (Å²) in [4.78, 5) is 23.4. The Kier molecular flexibility index (Phi) is 4.55. The van der Waals surface area contributed by atoms with E-state index in [4.69, 9.17) is 0 Å². The van der Waals surface area contributed by atoms with Crippen molar-refractivity contribution in [3.63, 3.8) is 0 Å². The number of aryl methyl sites for hydroxylation is 1. The zero-order valence-electron chi connectivity index (χ0n) is 11.3. The van der Waals surface area contributed by atoms with Crippen LogP contribution >= 0.6 is 0 Å². The smallest absolute Gasteiger partial charge is 0.313 e. The summed E-state index contributed by atoms with van der Waals surface area (Å²) >= 11 is 0. The molecular weight excluding hydrogens is 254 g/mol. The average molecular weight is 271 g/mol. The van der Waals surface area contributed by atoms with Crippen molar-refractivity contribution in [2.45, 2.75) is 19.9 Å². The lowest BCUT2D eigenvalue weighted by molar-refractivity contribution is 0.262. The van der Waals surface area contributed by atoms with Gasteiger partial charge in [-0.2, -0.15) is 0 Å². The molecule has 0 aliphatic carbocycles. The molecule has 0 radical (unpaired) electrons. The Bertz CT molecular complexity index is 635. The number of aromatic nitrogens is 1. The van der Waals surface area contributed by atoms with E-state index < -0.39 is 0 Å². The van der Waals surface area contributed by atoms with Gasteiger partial charge in [0.15, 0.2) is 0 Å². The number of amides is 2. The third-order valence-electron chi connectivity index (χ3n) is 2.74. The molecular formula is C15H17N3O2. The van der Waals surface area contributed by atoms with Gasteiger partial charge in [-0.05, 0) is 24.6 Å². The van der Waals surface area contributed by atoms with Crippen molar-refractivity contribution in [3.8, 4) is 0 Å². The van der Waals surface area contributed by atoms with E-state index in [9.17, 15) is 9.59 Å². The number of carbonyl (C=O) groups is 1. The van der Waals surface area contributed by atoms with E-state index in [0.717, 1.165) is 6.42 Å². The molecule has 0 saturated heterocycles. The van der Waals surface area contributed by atoms with Gasteiger partial charge in [-0.15, -0.1) is 0 Å². The molecule has 0 unspecified atom stereocenters. The van der Waals surface area contributed by atoms with Crippen molar-refractivity contribution in [1.29, 1.82) is 0 Å². The van der Waals surface area contributed by atoms with Gasteiger partial charge in [0.1, 0.15) is 0 Å². The van der Waals surface area contributed by atoms with E-state index in [1.807, 2.05) is 25.1 Å². The van der Waals surface area contributed by atoms with Gasteiger partial charge in [0.25, 0.3) is 5.56 Å². The average Bonchev–Trinajstić information content (AvgIpc) is 2.44. The topological polar surface area (TPSA) is 63.1 Å². The quantitative estimate of drug-likeness (QED) is 0.898. The van der Waals surface area contributed by atoms with Crippen molar-refractivity contribution in [2.75, 3.05) is 10.6 Å².